The summed E-state index contributed by atoms with van der Waals surface area (Å²) >= 11 is 1.61. The van der Waals surface area contributed by atoms with E-state index in [0.29, 0.717) is 31.7 Å². The molecule has 4 rings (SSSR count). The van der Waals surface area contributed by atoms with Crippen molar-refractivity contribution in [1.29, 1.82) is 0 Å². The quantitative estimate of drug-likeness (QED) is 0.540. The van der Waals surface area contributed by atoms with Crippen molar-refractivity contribution in [3.05, 3.63) is 82.0 Å². The number of rotatable bonds is 7. The van der Waals surface area contributed by atoms with Gasteiger partial charge in [0.2, 0.25) is 15.9 Å². The van der Waals surface area contributed by atoms with E-state index in [-0.39, 0.29) is 22.8 Å². The highest BCUT2D eigenvalue weighted by atomic mass is 32.2. The summed E-state index contributed by atoms with van der Waals surface area (Å²) in [6, 6.07) is 18.4. The van der Waals surface area contributed by atoms with E-state index < -0.39 is 10.0 Å². The number of thiophene rings is 1. The molecule has 33 heavy (non-hydrogen) atoms. The zero-order valence-electron chi connectivity index (χ0n) is 18.7. The summed E-state index contributed by atoms with van der Waals surface area (Å²) < 4.78 is 32.6. The summed E-state index contributed by atoms with van der Waals surface area (Å²) in [7, 11) is -2.05. The van der Waals surface area contributed by atoms with Crippen LogP contribution in [0.3, 0.4) is 0 Å². The normalized spacial score (nSPS) is 16.3. The van der Waals surface area contributed by atoms with Crippen molar-refractivity contribution in [2.75, 3.05) is 20.2 Å². The van der Waals surface area contributed by atoms with Crippen LogP contribution < -0.4 is 10.1 Å². The van der Waals surface area contributed by atoms with E-state index in [1.807, 2.05) is 48.7 Å². The Bertz CT molecular complexity index is 1170. The Morgan fingerprint density at radius 2 is 1.73 bits per heavy atom. The fraction of sp³-hybridized carbons (Fsp3) is 0.320. The molecule has 6 nitrogen and oxygen atoms in total. The molecule has 0 aliphatic carbocycles. The maximum Gasteiger partial charge on any atom is 0.243 e. The molecule has 0 radical (unpaired) electrons. The van der Waals surface area contributed by atoms with Gasteiger partial charge >= 0.3 is 0 Å². The minimum Gasteiger partial charge on any atom is -0.497 e. The number of sulfonamides is 1. The van der Waals surface area contributed by atoms with Crippen molar-refractivity contribution in [3.63, 3.8) is 0 Å². The Balaban J connectivity index is 1.42. The highest BCUT2D eigenvalue weighted by Crippen LogP contribution is 2.29. The number of nitrogens with zero attached hydrogens (tertiary/aromatic N) is 1. The van der Waals surface area contributed by atoms with Crippen LogP contribution in [-0.2, 0) is 14.8 Å². The van der Waals surface area contributed by atoms with Crippen LogP contribution in [-0.4, -0.2) is 38.8 Å². The zero-order valence-corrected chi connectivity index (χ0v) is 20.4. The maximum atomic E-state index is 13.2. The average Bonchev–Trinajstić information content (AvgIpc) is 3.38. The fourth-order valence-electron chi connectivity index (χ4n) is 4.05. The van der Waals surface area contributed by atoms with E-state index in [0.717, 1.165) is 10.4 Å². The second kappa shape index (κ2) is 10.1. The van der Waals surface area contributed by atoms with Gasteiger partial charge in [-0.05, 0) is 61.0 Å². The smallest absolute Gasteiger partial charge is 0.243 e. The summed E-state index contributed by atoms with van der Waals surface area (Å²) in [6.45, 7) is 2.68. The lowest BCUT2D eigenvalue weighted by Crippen LogP contribution is -2.43. The van der Waals surface area contributed by atoms with Crippen molar-refractivity contribution in [2.45, 2.75) is 30.7 Å². The predicted molar refractivity (Wildman–Crippen MR) is 130 cm³/mol. The summed E-state index contributed by atoms with van der Waals surface area (Å²) in [6.07, 6.45) is 0.985. The molecule has 0 spiro atoms. The Hall–Kier alpha value is -2.68. The van der Waals surface area contributed by atoms with Crippen LogP contribution >= 0.6 is 11.3 Å². The molecule has 0 bridgehead atoms. The number of piperidine rings is 1. The molecule has 0 saturated carbocycles. The average molecular weight is 485 g/mol. The lowest BCUT2D eigenvalue weighted by Gasteiger charge is -2.31. The van der Waals surface area contributed by atoms with Crippen LogP contribution in [0.25, 0.3) is 0 Å². The number of amides is 1. The molecule has 1 aliphatic heterocycles. The molecule has 1 aliphatic rings. The Morgan fingerprint density at radius 3 is 2.30 bits per heavy atom. The Morgan fingerprint density at radius 1 is 1.06 bits per heavy atom. The third kappa shape index (κ3) is 5.29. The van der Waals surface area contributed by atoms with Crippen molar-refractivity contribution in [3.8, 4) is 5.75 Å². The van der Waals surface area contributed by atoms with E-state index >= 15 is 0 Å². The summed E-state index contributed by atoms with van der Waals surface area (Å²) in [5, 5.41) is 5.22. The summed E-state index contributed by atoms with van der Waals surface area (Å²) in [4.78, 5) is 14.5. The molecule has 0 unspecified atom stereocenters. The molecule has 8 heteroatoms. The van der Waals surface area contributed by atoms with Gasteiger partial charge in [-0.1, -0.05) is 35.9 Å². The van der Waals surface area contributed by atoms with Crippen molar-refractivity contribution < 1.29 is 17.9 Å². The van der Waals surface area contributed by atoms with Crippen molar-refractivity contribution in [1.82, 2.24) is 9.62 Å². The number of nitrogens with one attached hydrogen (secondary N) is 1. The van der Waals surface area contributed by atoms with Gasteiger partial charge in [0.15, 0.2) is 0 Å². The Kier molecular flexibility index (Phi) is 7.17. The first-order valence-corrected chi connectivity index (χ1v) is 13.2. The highest BCUT2D eigenvalue weighted by Gasteiger charge is 2.33. The largest absolute Gasteiger partial charge is 0.497 e. The van der Waals surface area contributed by atoms with Gasteiger partial charge in [-0.2, -0.15) is 4.31 Å². The van der Waals surface area contributed by atoms with Gasteiger partial charge in [0.1, 0.15) is 5.75 Å². The van der Waals surface area contributed by atoms with Crippen molar-refractivity contribution in [2.24, 2.45) is 5.92 Å². The molecule has 1 amide bonds. The molecular formula is C25H28N2O4S2. The molecule has 1 fully saturated rings. The number of ether oxygens (including phenoxy) is 1. The van der Waals surface area contributed by atoms with Crippen LogP contribution in [0.4, 0.5) is 0 Å². The van der Waals surface area contributed by atoms with Gasteiger partial charge in [0, 0.05) is 23.9 Å². The third-order valence-electron chi connectivity index (χ3n) is 6.05. The van der Waals surface area contributed by atoms with Gasteiger partial charge in [-0.15, -0.1) is 11.3 Å². The molecule has 174 valence electrons. The number of carbonyl (C=O) groups is 1. The SMILES string of the molecule is COc1ccc(S(=O)(=O)N2CCC(C(=O)N[C@H](c3ccc(C)cc3)c3cccs3)CC2)cc1. The van der Waals surface area contributed by atoms with Crippen LogP contribution in [0.2, 0.25) is 0 Å². The minimum absolute atomic E-state index is 0.0320. The van der Waals surface area contributed by atoms with Crippen LogP contribution in [0.5, 0.6) is 5.75 Å². The van der Waals surface area contributed by atoms with Gasteiger partial charge in [-0.3, -0.25) is 4.79 Å². The maximum absolute atomic E-state index is 13.2. The van der Waals surface area contributed by atoms with Crippen molar-refractivity contribution >= 4 is 27.3 Å². The van der Waals surface area contributed by atoms with Crippen LogP contribution in [0.1, 0.15) is 34.9 Å². The number of hydrogen-bond acceptors (Lipinski definition) is 5. The van der Waals surface area contributed by atoms with Gasteiger partial charge in [0.25, 0.3) is 0 Å². The fourth-order valence-corrected chi connectivity index (χ4v) is 6.32. The van der Waals surface area contributed by atoms with Gasteiger partial charge < -0.3 is 10.1 Å². The first kappa shape index (κ1) is 23.5. The van der Waals surface area contributed by atoms with E-state index in [4.69, 9.17) is 4.74 Å². The molecule has 1 aromatic heterocycles. The molecule has 1 N–H and O–H groups in total. The molecular weight excluding hydrogens is 456 g/mol. The second-order valence-corrected chi connectivity index (χ2v) is 11.1. The number of hydrogen-bond donors (Lipinski definition) is 1. The first-order valence-electron chi connectivity index (χ1n) is 10.9. The first-order chi connectivity index (χ1) is 15.9. The number of carbonyl (C=O) groups excluding carboxylic acids is 1. The lowest BCUT2D eigenvalue weighted by molar-refractivity contribution is -0.126. The number of aryl methyl sites for hydroxylation is 1. The monoisotopic (exact) mass is 484 g/mol. The second-order valence-electron chi connectivity index (χ2n) is 8.22. The zero-order chi connectivity index (χ0) is 23.4. The standard InChI is InChI=1S/C25H28N2O4S2/c1-18-5-7-19(8-6-18)24(23-4-3-17-32-23)26-25(28)20-13-15-27(16-14-20)33(29,30)22-11-9-21(31-2)10-12-22/h3-12,17,20,24H,13-16H2,1-2H3,(H,26,28)/t24-/m1/s1. The third-order valence-corrected chi connectivity index (χ3v) is 8.90. The molecule has 1 saturated heterocycles. The Labute approximate surface area is 199 Å². The molecule has 1 atom stereocenters. The van der Waals surface area contributed by atoms with E-state index in [1.165, 1.54) is 9.87 Å². The predicted octanol–water partition coefficient (Wildman–Crippen LogP) is 4.37. The molecule has 3 aromatic rings. The van der Waals surface area contributed by atoms with Gasteiger partial charge in [0.05, 0.1) is 18.0 Å². The highest BCUT2D eigenvalue weighted by molar-refractivity contribution is 7.89. The molecule has 2 heterocycles. The van der Waals surface area contributed by atoms with E-state index in [1.54, 1.807) is 42.7 Å². The number of benzene rings is 2. The topological polar surface area (TPSA) is 75.7 Å². The summed E-state index contributed by atoms with van der Waals surface area (Å²) in [5.74, 6) is 0.355. The van der Waals surface area contributed by atoms with Crippen LogP contribution in [0, 0.1) is 12.8 Å². The summed E-state index contributed by atoms with van der Waals surface area (Å²) in [5.41, 5.74) is 2.20. The lowest BCUT2D eigenvalue weighted by atomic mass is 9.95. The van der Waals surface area contributed by atoms with E-state index in [9.17, 15) is 13.2 Å². The van der Waals surface area contributed by atoms with Gasteiger partial charge in [-0.25, -0.2) is 8.42 Å². The van der Waals surface area contributed by atoms with Crippen LogP contribution in [0.15, 0.2) is 70.9 Å². The minimum atomic E-state index is -3.59. The van der Waals surface area contributed by atoms with E-state index in [2.05, 4.69) is 5.32 Å². The number of methoxy groups -OCH3 is 1. The molecule has 2 aromatic carbocycles.